The summed E-state index contributed by atoms with van der Waals surface area (Å²) in [7, 11) is 4.11. The Kier molecular flexibility index (Phi) is 5.38. The van der Waals surface area contributed by atoms with E-state index in [2.05, 4.69) is 34.5 Å². The van der Waals surface area contributed by atoms with Crippen molar-refractivity contribution in [1.82, 2.24) is 15.2 Å². The first-order chi connectivity index (χ1) is 18.8. The van der Waals surface area contributed by atoms with Crippen LogP contribution < -0.4 is 15.5 Å². The fourth-order valence-electron chi connectivity index (χ4n) is 6.77. The Balaban J connectivity index is 1.52. The number of nitrogens with one attached hydrogen (secondary N) is 2. The summed E-state index contributed by atoms with van der Waals surface area (Å²) in [6.45, 7) is 4.79. The van der Waals surface area contributed by atoms with Crippen LogP contribution in [0.2, 0.25) is 0 Å². The number of pyridine rings is 1. The van der Waals surface area contributed by atoms with Crippen LogP contribution in [-0.2, 0) is 10.2 Å². The molecular formula is C31H32FN5O2. The minimum Gasteiger partial charge on any atom is -0.508 e. The van der Waals surface area contributed by atoms with Crippen molar-refractivity contribution in [3.63, 3.8) is 0 Å². The van der Waals surface area contributed by atoms with Gasteiger partial charge in [0.2, 0.25) is 5.91 Å². The van der Waals surface area contributed by atoms with E-state index in [1.807, 2.05) is 37.3 Å². The lowest BCUT2D eigenvalue weighted by Gasteiger charge is -2.44. The highest BCUT2D eigenvalue weighted by atomic mass is 19.1. The molecule has 0 bridgehead atoms. The zero-order chi connectivity index (χ0) is 27.1. The molecule has 0 aliphatic carbocycles. The molecular weight excluding hydrogens is 493 g/mol. The second-order valence-corrected chi connectivity index (χ2v) is 11.5. The van der Waals surface area contributed by atoms with Crippen LogP contribution in [0.4, 0.5) is 15.9 Å². The first-order valence-corrected chi connectivity index (χ1v) is 13.6. The molecule has 2 fully saturated rings. The van der Waals surface area contributed by atoms with Crippen LogP contribution >= 0.6 is 0 Å². The quantitative estimate of drug-likeness (QED) is 0.365. The lowest BCUT2D eigenvalue weighted by molar-refractivity contribution is -0.121. The second-order valence-electron chi connectivity index (χ2n) is 11.5. The maximum atomic E-state index is 16.9. The number of fused-ring (bicyclic) bond motifs is 5. The van der Waals surface area contributed by atoms with Crippen molar-refractivity contribution in [3.8, 4) is 16.9 Å². The number of carbonyl (C=O) groups is 1. The maximum absolute atomic E-state index is 16.9. The molecule has 2 saturated heterocycles. The van der Waals surface area contributed by atoms with Gasteiger partial charge in [0, 0.05) is 42.2 Å². The van der Waals surface area contributed by atoms with E-state index in [4.69, 9.17) is 4.98 Å². The molecule has 1 spiro atoms. The SMILES string of the molecule is Cc1cc2c3c(c(N4CC(N(C)C)C4)nc2c(F)c1-c1cc(O)cc2ccccc12)NC(=O)C31CCCNC1. The highest BCUT2D eigenvalue weighted by Gasteiger charge is 2.51. The number of halogens is 1. The van der Waals surface area contributed by atoms with E-state index in [1.54, 1.807) is 12.1 Å². The smallest absolute Gasteiger partial charge is 0.236 e. The molecule has 3 aliphatic rings. The maximum Gasteiger partial charge on any atom is 0.236 e. The van der Waals surface area contributed by atoms with E-state index in [1.165, 1.54) is 0 Å². The molecule has 1 unspecified atom stereocenters. The standard InChI is InChI=1S/C31H32FN5O2/c1-17-11-23-25-28(35-30(39)31(25)9-6-10-33-16-31)29(37-14-19(15-37)36(2)3)34-27(23)26(32)24(17)22-13-20(38)12-18-7-4-5-8-21(18)22/h4-5,7-8,11-13,19,33,38H,6,9-10,14-16H2,1-3H3,(H,35,39). The van der Waals surface area contributed by atoms with Gasteiger partial charge >= 0.3 is 0 Å². The van der Waals surface area contributed by atoms with E-state index in [9.17, 15) is 9.90 Å². The Labute approximate surface area is 226 Å². The molecule has 1 atom stereocenters. The van der Waals surface area contributed by atoms with Crippen molar-refractivity contribution in [2.24, 2.45) is 0 Å². The van der Waals surface area contributed by atoms with E-state index in [-0.39, 0.29) is 17.2 Å². The molecule has 3 aromatic carbocycles. The number of aromatic hydroxyl groups is 1. The van der Waals surface area contributed by atoms with Gasteiger partial charge in [0.05, 0.1) is 11.1 Å². The van der Waals surface area contributed by atoms with Gasteiger partial charge in [-0.1, -0.05) is 24.3 Å². The highest BCUT2D eigenvalue weighted by Crippen LogP contribution is 2.51. The van der Waals surface area contributed by atoms with Crippen molar-refractivity contribution in [1.29, 1.82) is 0 Å². The summed E-state index contributed by atoms with van der Waals surface area (Å²) in [5, 5.41) is 19.5. The van der Waals surface area contributed by atoms with Crippen molar-refractivity contribution >= 4 is 39.1 Å². The predicted octanol–water partition coefficient (Wildman–Crippen LogP) is 4.53. The highest BCUT2D eigenvalue weighted by molar-refractivity contribution is 6.15. The first kappa shape index (κ1) is 24.3. The largest absolute Gasteiger partial charge is 0.508 e. The zero-order valence-corrected chi connectivity index (χ0v) is 22.4. The van der Waals surface area contributed by atoms with Crippen molar-refractivity contribution in [2.45, 2.75) is 31.2 Å². The minimum atomic E-state index is -0.756. The summed E-state index contributed by atoms with van der Waals surface area (Å²) in [5.41, 5.74) is 2.90. The van der Waals surface area contributed by atoms with Crippen LogP contribution in [0, 0.1) is 12.7 Å². The summed E-state index contributed by atoms with van der Waals surface area (Å²) in [5.74, 6) is 0.266. The fourth-order valence-corrected chi connectivity index (χ4v) is 6.77. The number of benzene rings is 3. The molecule has 1 amide bonds. The van der Waals surface area contributed by atoms with Crippen LogP contribution in [0.25, 0.3) is 32.8 Å². The number of anilines is 2. The number of phenols is 1. The van der Waals surface area contributed by atoms with Gasteiger partial charge in [-0.15, -0.1) is 0 Å². The normalized spacial score (nSPS) is 21.2. The van der Waals surface area contributed by atoms with Crippen molar-refractivity contribution in [3.05, 3.63) is 59.4 Å². The Bertz CT molecular complexity index is 1670. The van der Waals surface area contributed by atoms with Crippen LogP contribution in [0.5, 0.6) is 5.75 Å². The number of aromatic nitrogens is 1. The van der Waals surface area contributed by atoms with Crippen LogP contribution in [0.3, 0.4) is 0 Å². The summed E-state index contributed by atoms with van der Waals surface area (Å²) in [4.78, 5) is 22.9. The number of piperidine rings is 1. The molecule has 7 rings (SSSR count). The predicted molar refractivity (Wildman–Crippen MR) is 153 cm³/mol. The van der Waals surface area contributed by atoms with Gasteiger partial charge in [0.1, 0.15) is 11.3 Å². The molecule has 0 radical (unpaired) electrons. The molecule has 1 aromatic heterocycles. The molecule has 200 valence electrons. The first-order valence-electron chi connectivity index (χ1n) is 13.6. The van der Waals surface area contributed by atoms with E-state index in [0.717, 1.165) is 53.6 Å². The van der Waals surface area contributed by atoms with Gasteiger partial charge in [-0.25, -0.2) is 9.37 Å². The van der Waals surface area contributed by atoms with Gasteiger partial charge in [0.15, 0.2) is 11.6 Å². The van der Waals surface area contributed by atoms with Crippen LogP contribution in [0.15, 0.2) is 42.5 Å². The fraction of sp³-hybridized carbons (Fsp3) is 0.355. The summed E-state index contributed by atoms with van der Waals surface area (Å²) in [6, 6.07) is 13.4. The Morgan fingerprint density at radius 1 is 1.15 bits per heavy atom. The Hall–Kier alpha value is -3.75. The van der Waals surface area contributed by atoms with E-state index >= 15 is 4.39 Å². The van der Waals surface area contributed by atoms with Crippen molar-refractivity contribution in [2.75, 3.05) is 50.5 Å². The number of hydrogen-bond acceptors (Lipinski definition) is 6. The number of hydrogen-bond donors (Lipinski definition) is 3. The molecule has 4 heterocycles. The molecule has 7 nitrogen and oxygen atoms in total. The number of aryl methyl sites for hydroxylation is 1. The third kappa shape index (κ3) is 3.47. The van der Waals surface area contributed by atoms with Gasteiger partial charge in [0.25, 0.3) is 0 Å². The lowest BCUT2D eigenvalue weighted by atomic mass is 9.74. The molecule has 0 saturated carbocycles. The average molecular weight is 526 g/mol. The number of carbonyl (C=O) groups excluding carboxylic acids is 1. The second kappa shape index (κ2) is 8.63. The van der Waals surface area contributed by atoms with E-state index < -0.39 is 11.2 Å². The third-order valence-electron chi connectivity index (χ3n) is 8.94. The molecule has 4 aromatic rings. The van der Waals surface area contributed by atoms with Crippen LogP contribution in [0.1, 0.15) is 24.0 Å². The van der Waals surface area contributed by atoms with Crippen LogP contribution in [-0.4, -0.2) is 67.2 Å². The van der Waals surface area contributed by atoms with Gasteiger partial charge in [-0.3, -0.25) is 4.79 Å². The summed E-state index contributed by atoms with van der Waals surface area (Å²) < 4.78 is 16.9. The number of amides is 1. The van der Waals surface area contributed by atoms with Crippen molar-refractivity contribution < 1.29 is 14.3 Å². The zero-order valence-electron chi connectivity index (χ0n) is 22.4. The molecule has 39 heavy (non-hydrogen) atoms. The number of phenolic OH excluding ortho intramolecular Hbond substituents is 1. The Morgan fingerprint density at radius 3 is 2.69 bits per heavy atom. The number of likely N-dealkylation sites (N-methyl/N-ethyl adjacent to an activating group) is 1. The average Bonchev–Trinajstić information content (AvgIpc) is 3.15. The van der Waals surface area contributed by atoms with Gasteiger partial charge in [-0.2, -0.15) is 0 Å². The molecule has 3 aliphatic heterocycles. The molecule has 8 heteroatoms. The van der Waals surface area contributed by atoms with Gasteiger partial charge < -0.3 is 25.5 Å². The topological polar surface area (TPSA) is 80.7 Å². The van der Waals surface area contributed by atoms with E-state index in [0.29, 0.717) is 41.3 Å². The lowest BCUT2D eigenvalue weighted by Crippen LogP contribution is -2.57. The minimum absolute atomic E-state index is 0.0361. The van der Waals surface area contributed by atoms with Gasteiger partial charge in [-0.05, 0) is 80.5 Å². The number of nitrogens with zero attached hydrogens (tertiary/aromatic N) is 3. The monoisotopic (exact) mass is 525 g/mol. The molecule has 3 N–H and O–H groups in total. The third-order valence-corrected chi connectivity index (χ3v) is 8.94. The Morgan fingerprint density at radius 2 is 1.95 bits per heavy atom. The summed E-state index contributed by atoms with van der Waals surface area (Å²) >= 11 is 0. The number of rotatable bonds is 3. The summed E-state index contributed by atoms with van der Waals surface area (Å²) in [6.07, 6.45) is 1.57.